The molecular weight excluding hydrogens is 316 g/mol. The van der Waals surface area contributed by atoms with E-state index in [0.717, 1.165) is 35.6 Å². The number of fused-ring (bicyclic) bond motifs is 1. The second-order valence-electron chi connectivity index (χ2n) is 5.69. The zero-order chi connectivity index (χ0) is 17.8. The highest BCUT2D eigenvalue weighted by Crippen LogP contribution is 2.25. The lowest BCUT2D eigenvalue weighted by Gasteiger charge is -2.21. The minimum atomic E-state index is -0.272. The standard InChI is InChI=1S/C20H22N2O3/c1-4-22(5-2)16-8-6-15(7-9-16)21-20(23)19-13-14-12-17(24-3)10-11-18(14)25-19/h6-13H,4-5H2,1-3H3,(H,21,23). The Kier molecular flexibility index (Phi) is 4.93. The second-order valence-corrected chi connectivity index (χ2v) is 5.69. The van der Waals surface area contributed by atoms with Crippen molar-refractivity contribution in [2.24, 2.45) is 0 Å². The minimum Gasteiger partial charge on any atom is -0.497 e. The van der Waals surface area contributed by atoms with Crippen LogP contribution in [-0.2, 0) is 0 Å². The molecule has 0 saturated heterocycles. The third-order valence-electron chi connectivity index (χ3n) is 4.20. The molecule has 3 aromatic rings. The average Bonchev–Trinajstić information content (AvgIpc) is 3.07. The Morgan fingerprint density at radius 2 is 1.80 bits per heavy atom. The lowest BCUT2D eigenvalue weighted by Crippen LogP contribution is -2.21. The molecule has 2 aromatic carbocycles. The van der Waals surface area contributed by atoms with Gasteiger partial charge in [0, 0.05) is 29.9 Å². The summed E-state index contributed by atoms with van der Waals surface area (Å²) in [5.74, 6) is 0.731. The van der Waals surface area contributed by atoms with Crippen molar-refractivity contribution in [3.63, 3.8) is 0 Å². The fourth-order valence-corrected chi connectivity index (χ4v) is 2.80. The van der Waals surface area contributed by atoms with Gasteiger partial charge in [-0.3, -0.25) is 4.79 Å². The molecule has 130 valence electrons. The van der Waals surface area contributed by atoms with Crippen molar-refractivity contribution in [2.45, 2.75) is 13.8 Å². The van der Waals surface area contributed by atoms with Crippen LogP contribution in [0.4, 0.5) is 11.4 Å². The highest BCUT2D eigenvalue weighted by atomic mass is 16.5. The Balaban J connectivity index is 1.75. The van der Waals surface area contributed by atoms with Crippen molar-refractivity contribution in [1.82, 2.24) is 0 Å². The summed E-state index contributed by atoms with van der Waals surface area (Å²) >= 11 is 0. The number of benzene rings is 2. The van der Waals surface area contributed by atoms with Crippen molar-refractivity contribution in [3.05, 3.63) is 54.3 Å². The molecule has 1 amide bonds. The number of methoxy groups -OCH3 is 1. The first-order valence-electron chi connectivity index (χ1n) is 8.38. The van der Waals surface area contributed by atoms with Gasteiger partial charge >= 0.3 is 0 Å². The molecule has 0 saturated carbocycles. The third-order valence-corrected chi connectivity index (χ3v) is 4.20. The number of nitrogens with one attached hydrogen (secondary N) is 1. The van der Waals surface area contributed by atoms with Gasteiger partial charge < -0.3 is 19.4 Å². The van der Waals surface area contributed by atoms with Gasteiger partial charge in [-0.1, -0.05) is 0 Å². The van der Waals surface area contributed by atoms with Gasteiger partial charge in [0.25, 0.3) is 5.91 Å². The van der Waals surface area contributed by atoms with Crippen LogP contribution in [0.25, 0.3) is 11.0 Å². The van der Waals surface area contributed by atoms with E-state index in [2.05, 4.69) is 24.1 Å². The molecule has 5 nitrogen and oxygen atoms in total. The predicted octanol–water partition coefficient (Wildman–Crippen LogP) is 4.54. The molecule has 0 aliphatic heterocycles. The maximum atomic E-state index is 12.4. The highest BCUT2D eigenvalue weighted by molar-refractivity contribution is 6.04. The summed E-state index contributed by atoms with van der Waals surface area (Å²) in [5.41, 5.74) is 2.53. The molecule has 3 rings (SSSR count). The number of ether oxygens (including phenoxy) is 1. The second kappa shape index (κ2) is 7.30. The van der Waals surface area contributed by atoms with Gasteiger partial charge in [-0.25, -0.2) is 0 Å². The Hall–Kier alpha value is -2.95. The van der Waals surface area contributed by atoms with Crippen molar-refractivity contribution in [1.29, 1.82) is 0 Å². The minimum absolute atomic E-state index is 0.272. The van der Waals surface area contributed by atoms with E-state index in [0.29, 0.717) is 5.58 Å². The zero-order valence-corrected chi connectivity index (χ0v) is 14.7. The quantitative estimate of drug-likeness (QED) is 0.717. The molecule has 1 heterocycles. The molecule has 0 aliphatic rings. The molecule has 0 radical (unpaired) electrons. The lowest BCUT2D eigenvalue weighted by molar-refractivity contribution is 0.0998. The third kappa shape index (κ3) is 3.60. The molecule has 0 fully saturated rings. The van der Waals surface area contributed by atoms with Crippen molar-refractivity contribution >= 4 is 28.3 Å². The van der Waals surface area contributed by atoms with Gasteiger partial charge in [-0.15, -0.1) is 0 Å². The van der Waals surface area contributed by atoms with Crippen LogP contribution in [0.5, 0.6) is 5.75 Å². The summed E-state index contributed by atoms with van der Waals surface area (Å²) in [6.45, 7) is 6.14. The van der Waals surface area contributed by atoms with Gasteiger partial charge in [0.1, 0.15) is 11.3 Å². The number of furan rings is 1. The van der Waals surface area contributed by atoms with Crippen LogP contribution in [0, 0.1) is 0 Å². The van der Waals surface area contributed by atoms with Crippen molar-refractivity contribution in [3.8, 4) is 5.75 Å². The summed E-state index contributed by atoms with van der Waals surface area (Å²) in [6.07, 6.45) is 0. The van der Waals surface area contributed by atoms with Crippen molar-refractivity contribution < 1.29 is 13.9 Å². The molecule has 0 aliphatic carbocycles. The van der Waals surface area contributed by atoms with Crippen LogP contribution in [-0.4, -0.2) is 26.1 Å². The number of hydrogen-bond donors (Lipinski definition) is 1. The first-order valence-corrected chi connectivity index (χ1v) is 8.38. The number of carbonyl (C=O) groups is 1. The van der Waals surface area contributed by atoms with E-state index in [1.807, 2.05) is 30.3 Å². The van der Waals surface area contributed by atoms with Gasteiger partial charge in [0.05, 0.1) is 7.11 Å². The number of rotatable bonds is 6. The molecule has 0 unspecified atom stereocenters. The van der Waals surface area contributed by atoms with Gasteiger partial charge in [0.15, 0.2) is 5.76 Å². The normalized spacial score (nSPS) is 10.7. The first-order chi connectivity index (χ1) is 12.1. The summed E-state index contributed by atoms with van der Waals surface area (Å²) in [7, 11) is 1.61. The fourth-order valence-electron chi connectivity index (χ4n) is 2.80. The summed E-state index contributed by atoms with van der Waals surface area (Å²) in [5, 5.41) is 3.70. The number of nitrogens with zero attached hydrogens (tertiary/aromatic N) is 1. The smallest absolute Gasteiger partial charge is 0.291 e. The largest absolute Gasteiger partial charge is 0.497 e. The van der Waals surface area contributed by atoms with Crippen LogP contribution in [0.3, 0.4) is 0 Å². The van der Waals surface area contributed by atoms with E-state index in [1.165, 1.54) is 0 Å². The molecule has 1 aromatic heterocycles. The maximum Gasteiger partial charge on any atom is 0.291 e. The van der Waals surface area contributed by atoms with Gasteiger partial charge in [-0.2, -0.15) is 0 Å². The number of carbonyl (C=O) groups excluding carboxylic acids is 1. The lowest BCUT2D eigenvalue weighted by atomic mass is 10.2. The van der Waals surface area contributed by atoms with Crippen LogP contribution in [0.1, 0.15) is 24.4 Å². The van der Waals surface area contributed by atoms with E-state index >= 15 is 0 Å². The molecule has 25 heavy (non-hydrogen) atoms. The Morgan fingerprint density at radius 3 is 2.44 bits per heavy atom. The SMILES string of the molecule is CCN(CC)c1ccc(NC(=O)c2cc3cc(OC)ccc3o2)cc1. The molecule has 0 atom stereocenters. The van der Waals surface area contributed by atoms with E-state index < -0.39 is 0 Å². The van der Waals surface area contributed by atoms with E-state index in [1.54, 1.807) is 25.3 Å². The molecule has 5 heteroatoms. The van der Waals surface area contributed by atoms with Crippen LogP contribution < -0.4 is 15.0 Å². The molecular formula is C20H22N2O3. The van der Waals surface area contributed by atoms with Gasteiger partial charge in [0.2, 0.25) is 0 Å². The van der Waals surface area contributed by atoms with Crippen LogP contribution >= 0.6 is 0 Å². The monoisotopic (exact) mass is 338 g/mol. The van der Waals surface area contributed by atoms with Crippen molar-refractivity contribution in [2.75, 3.05) is 30.4 Å². The zero-order valence-electron chi connectivity index (χ0n) is 14.7. The average molecular weight is 338 g/mol. The fraction of sp³-hybridized carbons (Fsp3) is 0.250. The highest BCUT2D eigenvalue weighted by Gasteiger charge is 2.13. The van der Waals surface area contributed by atoms with E-state index in [-0.39, 0.29) is 11.7 Å². The molecule has 0 bridgehead atoms. The summed E-state index contributed by atoms with van der Waals surface area (Å²) < 4.78 is 10.8. The van der Waals surface area contributed by atoms with E-state index in [9.17, 15) is 4.79 Å². The summed E-state index contributed by atoms with van der Waals surface area (Å²) in [6, 6.07) is 15.0. The maximum absolute atomic E-state index is 12.4. The molecule has 1 N–H and O–H groups in total. The summed E-state index contributed by atoms with van der Waals surface area (Å²) in [4.78, 5) is 14.7. The van der Waals surface area contributed by atoms with E-state index in [4.69, 9.17) is 9.15 Å². The number of amides is 1. The Bertz CT molecular complexity index is 864. The van der Waals surface area contributed by atoms with Gasteiger partial charge in [-0.05, 0) is 62.4 Å². The number of hydrogen-bond acceptors (Lipinski definition) is 4. The Morgan fingerprint density at radius 1 is 1.08 bits per heavy atom. The molecule has 0 spiro atoms. The Labute approximate surface area is 147 Å². The topological polar surface area (TPSA) is 54.7 Å². The van der Waals surface area contributed by atoms with Crippen LogP contribution in [0.2, 0.25) is 0 Å². The first kappa shape index (κ1) is 16.9. The number of anilines is 2. The predicted molar refractivity (Wildman–Crippen MR) is 101 cm³/mol. The van der Waals surface area contributed by atoms with Crippen LogP contribution in [0.15, 0.2) is 52.9 Å².